The van der Waals surface area contributed by atoms with Crippen molar-refractivity contribution in [3.8, 4) is 11.1 Å². The van der Waals surface area contributed by atoms with E-state index < -0.39 is 17.7 Å². The van der Waals surface area contributed by atoms with Gasteiger partial charge in [0.25, 0.3) is 0 Å². The molecule has 3 amide bonds. The van der Waals surface area contributed by atoms with Gasteiger partial charge < -0.3 is 5.32 Å². The first-order chi connectivity index (χ1) is 15.4. The number of unbranched alkanes of at least 4 members (excludes halogenated alkanes) is 1. The van der Waals surface area contributed by atoms with E-state index >= 15 is 0 Å². The molecular formula is C26H35F2N2O2P. The molecule has 0 aliphatic rings. The molecule has 2 aromatic carbocycles. The largest absolute Gasteiger partial charge is 0.331 e. The van der Waals surface area contributed by atoms with Gasteiger partial charge in [-0.15, -0.1) is 9.24 Å². The topological polar surface area (TPSA) is 49.4 Å². The van der Waals surface area contributed by atoms with Crippen LogP contribution in [0.1, 0.15) is 71.0 Å². The zero-order valence-corrected chi connectivity index (χ0v) is 21.5. The second-order valence-corrected chi connectivity index (χ2v) is 10.3. The van der Waals surface area contributed by atoms with Crippen molar-refractivity contribution < 1.29 is 18.4 Å². The fourth-order valence-electron chi connectivity index (χ4n) is 3.54. The maximum Gasteiger partial charge on any atom is 0.324 e. The number of carbonyl (C=O) groups is 2. The van der Waals surface area contributed by atoms with Crippen molar-refractivity contribution in [2.24, 2.45) is 5.41 Å². The van der Waals surface area contributed by atoms with E-state index in [2.05, 4.69) is 14.6 Å². The monoisotopic (exact) mass is 476 g/mol. The number of nitrogens with zero attached hydrogens (tertiary/aromatic N) is 1. The Bertz CT molecular complexity index is 975. The highest BCUT2D eigenvalue weighted by atomic mass is 31.0. The molecule has 0 fully saturated rings. The average molecular weight is 477 g/mol. The Labute approximate surface area is 198 Å². The lowest BCUT2D eigenvalue weighted by atomic mass is 9.91. The molecule has 180 valence electrons. The summed E-state index contributed by atoms with van der Waals surface area (Å²) in [6.45, 7) is 11.7. The molecule has 7 heteroatoms. The number of hydrogen-bond acceptors (Lipinski definition) is 2. The third-order valence-corrected chi connectivity index (χ3v) is 5.83. The highest BCUT2D eigenvalue weighted by Gasteiger charge is 2.26. The van der Waals surface area contributed by atoms with Gasteiger partial charge in [0.05, 0.1) is 11.6 Å². The number of rotatable bonds is 7. The molecule has 4 nitrogen and oxygen atoms in total. The third kappa shape index (κ3) is 7.07. The maximum atomic E-state index is 14.6. The average Bonchev–Trinajstić information content (AvgIpc) is 2.72. The summed E-state index contributed by atoms with van der Waals surface area (Å²) >= 11 is 0. The van der Waals surface area contributed by atoms with E-state index in [9.17, 15) is 18.4 Å². The quantitative estimate of drug-likeness (QED) is 0.479. The highest BCUT2D eigenvalue weighted by molar-refractivity contribution is 7.27. The molecule has 0 saturated carbocycles. The molecule has 0 aliphatic heterocycles. The first-order valence-electron chi connectivity index (χ1n) is 11.3. The zero-order valence-electron chi connectivity index (χ0n) is 20.4. The van der Waals surface area contributed by atoms with Crippen molar-refractivity contribution in [1.29, 1.82) is 0 Å². The van der Waals surface area contributed by atoms with Gasteiger partial charge in [-0.2, -0.15) is 0 Å². The van der Waals surface area contributed by atoms with E-state index in [0.29, 0.717) is 23.0 Å². The second-order valence-electron chi connectivity index (χ2n) is 9.72. The molecule has 2 aromatic rings. The first kappa shape index (κ1) is 26.9. The number of nitrogens with one attached hydrogen (secondary N) is 1. The lowest BCUT2D eigenvalue weighted by Gasteiger charge is -2.27. The molecule has 0 saturated heterocycles. The Morgan fingerprint density at radius 3 is 2.27 bits per heavy atom. The van der Waals surface area contributed by atoms with E-state index in [0.717, 1.165) is 18.4 Å². The van der Waals surface area contributed by atoms with E-state index in [1.807, 2.05) is 34.6 Å². The molecule has 2 atom stereocenters. The van der Waals surface area contributed by atoms with Crippen LogP contribution < -0.4 is 10.6 Å². The number of imide groups is 1. The minimum absolute atomic E-state index is 0.0678. The van der Waals surface area contributed by atoms with Crippen LogP contribution in [-0.2, 0) is 4.79 Å². The van der Waals surface area contributed by atoms with Crippen LogP contribution in [0.2, 0.25) is 0 Å². The number of hydrogen-bond donors (Lipinski definition) is 1. The SMILES string of the molecule is CCCCN(C(=O)CC(C)(C)C)C(=O)NC(C)c1ccc(-c2c(F)c(C)cc(P)c2F)cc1. The second kappa shape index (κ2) is 11.2. The maximum absolute atomic E-state index is 14.6. The molecule has 0 spiro atoms. The van der Waals surface area contributed by atoms with E-state index in [4.69, 9.17) is 0 Å². The lowest BCUT2D eigenvalue weighted by molar-refractivity contribution is -0.130. The Balaban J connectivity index is 2.20. The van der Waals surface area contributed by atoms with Gasteiger partial charge in [0.1, 0.15) is 11.6 Å². The minimum atomic E-state index is -0.610. The van der Waals surface area contributed by atoms with Gasteiger partial charge in [0.15, 0.2) is 0 Å². The number of carbonyl (C=O) groups excluding carboxylic acids is 2. The van der Waals surface area contributed by atoms with Crippen LogP contribution in [0.3, 0.4) is 0 Å². The van der Waals surface area contributed by atoms with Crippen molar-refractivity contribution >= 4 is 26.5 Å². The van der Waals surface area contributed by atoms with Gasteiger partial charge >= 0.3 is 6.03 Å². The van der Waals surface area contributed by atoms with Gasteiger partial charge in [-0.05, 0) is 48.4 Å². The van der Waals surface area contributed by atoms with Crippen LogP contribution in [0.5, 0.6) is 0 Å². The first-order valence-corrected chi connectivity index (χ1v) is 11.9. The van der Waals surface area contributed by atoms with Crippen LogP contribution in [0, 0.1) is 24.0 Å². The fourth-order valence-corrected chi connectivity index (χ4v) is 3.94. The number of halogens is 2. The Kier molecular flexibility index (Phi) is 9.13. The van der Waals surface area contributed by atoms with Gasteiger partial charge in [-0.3, -0.25) is 9.69 Å². The van der Waals surface area contributed by atoms with Crippen LogP contribution in [0.4, 0.5) is 13.6 Å². The van der Waals surface area contributed by atoms with Crippen LogP contribution in [0.25, 0.3) is 11.1 Å². The number of benzene rings is 2. The summed E-state index contributed by atoms with van der Waals surface area (Å²) in [7, 11) is 2.29. The predicted octanol–water partition coefficient (Wildman–Crippen LogP) is 6.28. The standard InChI is InChI=1S/C26H35F2N2O2P/c1-7-8-13-30(21(31)15-26(4,5)6)25(32)29-17(3)18-9-11-19(12-10-18)22-23(27)16(2)14-20(33)24(22)28/h9-12,14,17H,7-8,13,15,33H2,1-6H3,(H,29,32). The summed E-state index contributed by atoms with van der Waals surface area (Å²) in [5, 5.41) is 3.19. The minimum Gasteiger partial charge on any atom is -0.331 e. The van der Waals surface area contributed by atoms with Crippen LogP contribution >= 0.6 is 9.24 Å². The molecule has 0 aliphatic carbocycles. The molecular weight excluding hydrogens is 441 g/mol. The molecule has 0 aromatic heterocycles. The summed E-state index contributed by atoms with van der Waals surface area (Å²) < 4.78 is 29.2. The Morgan fingerprint density at radius 2 is 1.73 bits per heavy atom. The molecule has 0 bridgehead atoms. The number of amides is 3. The number of urea groups is 1. The Morgan fingerprint density at radius 1 is 1.12 bits per heavy atom. The van der Waals surface area contributed by atoms with Crippen molar-refractivity contribution in [3.63, 3.8) is 0 Å². The van der Waals surface area contributed by atoms with Crippen molar-refractivity contribution in [2.75, 3.05) is 6.54 Å². The smallest absolute Gasteiger partial charge is 0.324 e. The zero-order chi connectivity index (χ0) is 24.9. The van der Waals surface area contributed by atoms with Gasteiger partial charge in [-0.1, -0.05) is 58.4 Å². The van der Waals surface area contributed by atoms with E-state index in [1.165, 1.54) is 11.0 Å². The lowest BCUT2D eigenvalue weighted by Crippen LogP contribution is -2.46. The van der Waals surface area contributed by atoms with Crippen LogP contribution in [-0.4, -0.2) is 23.4 Å². The van der Waals surface area contributed by atoms with Crippen LogP contribution in [0.15, 0.2) is 30.3 Å². The fraction of sp³-hybridized carbons (Fsp3) is 0.462. The van der Waals surface area contributed by atoms with Crippen molar-refractivity contribution in [1.82, 2.24) is 10.2 Å². The summed E-state index contributed by atoms with van der Waals surface area (Å²) in [4.78, 5) is 26.9. The molecule has 2 rings (SSSR count). The molecule has 0 radical (unpaired) electrons. The molecule has 33 heavy (non-hydrogen) atoms. The molecule has 2 unspecified atom stereocenters. The summed E-state index contributed by atoms with van der Waals surface area (Å²) in [6.07, 6.45) is 1.88. The summed E-state index contributed by atoms with van der Waals surface area (Å²) in [5.74, 6) is -1.40. The van der Waals surface area contributed by atoms with E-state index in [-0.39, 0.29) is 29.3 Å². The summed E-state index contributed by atoms with van der Waals surface area (Å²) in [6, 6.07) is 7.39. The normalized spacial score (nSPS) is 12.4. The van der Waals surface area contributed by atoms with Gasteiger partial charge in [-0.25, -0.2) is 13.6 Å². The van der Waals surface area contributed by atoms with Gasteiger partial charge in [0.2, 0.25) is 5.91 Å². The van der Waals surface area contributed by atoms with Crippen molar-refractivity contribution in [3.05, 3.63) is 53.1 Å². The highest BCUT2D eigenvalue weighted by Crippen LogP contribution is 2.29. The summed E-state index contributed by atoms with van der Waals surface area (Å²) in [5.41, 5.74) is 1.27. The van der Waals surface area contributed by atoms with Crippen molar-refractivity contribution in [2.45, 2.75) is 66.8 Å². The molecule has 1 N–H and O–H groups in total. The third-order valence-electron chi connectivity index (χ3n) is 5.41. The number of aryl methyl sites for hydroxylation is 1. The molecule has 0 heterocycles. The van der Waals surface area contributed by atoms with Gasteiger partial charge in [0, 0.05) is 18.3 Å². The predicted molar refractivity (Wildman–Crippen MR) is 134 cm³/mol. The van der Waals surface area contributed by atoms with E-state index in [1.54, 1.807) is 31.2 Å². The Hall–Kier alpha value is -2.33.